The second-order valence-electron chi connectivity index (χ2n) is 5.07. The number of thiocarbonyl (C=S) groups is 1. The van der Waals surface area contributed by atoms with Crippen LogP contribution < -0.4 is 5.73 Å². The summed E-state index contributed by atoms with van der Waals surface area (Å²) < 4.78 is 26.5. The number of nitrogens with zero attached hydrogens (tertiary/aromatic N) is 1. The minimum absolute atomic E-state index is 0.210. The summed E-state index contributed by atoms with van der Waals surface area (Å²) in [4.78, 5) is 0.502. The van der Waals surface area contributed by atoms with E-state index in [9.17, 15) is 8.42 Å². The van der Waals surface area contributed by atoms with Gasteiger partial charge in [0.25, 0.3) is 0 Å². The second-order valence-corrected chi connectivity index (χ2v) is 7.53. The van der Waals surface area contributed by atoms with Crippen LogP contribution in [-0.2, 0) is 10.0 Å². The van der Waals surface area contributed by atoms with E-state index in [4.69, 9.17) is 18.0 Å². The molecular weight excluding hydrogens is 280 g/mol. The van der Waals surface area contributed by atoms with Gasteiger partial charge in [0.15, 0.2) is 0 Å². The zero-order chi connectivity index (χ0) is 14.2. The first-order valence-corrected chi connectivity index (χ1v) is 8.04. The average molecular weight is 298 g/mol. The Labute approximate surface area is 119 Å². The Morgan fingerprint density at radius 1 is 1.47 bits per heavy atom. The number of rotatable bonds is 5. The van der Waals surface area contributed by atoms with Crippen molar-refractivity contribution >= 4 is 27.2 Å². The van der Waals surface area contributed by atoms with E-state index in [1.807, 2.05) is 0 Å². The molecule has 1 aromatic carbocycles. The van der Waals surface area contributed by atoms with Gasteiger partial charge < -0.3 is 5.73 Å². The van der Waals surface area contributed by atoms with Gasteiger partial charge in [-0.1, -0.05) is 24.4 Å². The highest BCUT2D eigenvalue weighted by Gasteiger charge is 2.30. The first-order valence-electron chi connectivity index (χ1n) is 6.19. The SMILES string of the molecule is Cc1ccc(C(N)=S)cc1S(=O)(=O)N(C)CC1CC1. The van der Waals surface area contributed by atoms with Crippen molar-refractivity contribution in [3.63, 3.8) is 0 Å². The average Bonchev–Trinajstić information content (AvgIpc) is 3.12. The molecular formula is C13H18N2O2S2. The van der Waals surface area contributed by atoms with Crippen LogP contribution in [0.5, 0.6) is 0 Å². The van der Waals surface area contributed by atoms with E-state index in [-0.39, 0.29) is 4.99 Å². The number of sulfonamides is 1. The van der Waals surface area contributed by atoms with Crippen molar-refractivity contribution in [2.24, 2.45) is 11.7 Å². The normalized spacial score (nSPS) is 15.7. The zero-order valence-electron chi connectivity index (χ0n) is 11.1. The third-order valence-corrected chi connectivity index (χ3v) is 5.57. The molecule has 2 rings (SSSR count). The Bertz CT molecular complexity index is 607. The molecule has 19 heavy (non-hydrogen) atoms. The standard InChI is InChI=1S/C13H18N2O2S2/c1-9-3-6-11(13(14)18)7-12(9)19(16,17)15(2)8-10-4-5-10/h3,6-7,10H,4-5,8H2,1-2H3,(H2,14,18). The molecule has 6 heteroatoms. The van der Waals surface area contributed by atoms with Crippen molar-refractivity contribution in [3.8, 4) is 0 Å². The molecule has 0 aromatic heterocycles. The second kappa shape index (κ2) is 5.19. The van der Waals surface area contributed by atoms with E-state index in [0.717, 1.165) is 12.8 Å². The zero-order valence-corrected chi connectivity index (χ0v) is 12.7. The molecule has 0 radical (unpaired) electrons. The van der Waals surface area contributed by atoms with Gasteiger partial charge in [-0.2, -0.15) is 0 Å². The van der Waals surface area contributed by atoms with Crippen LogP contribution in [0, 0.1) is 12.8 Å². The van der Waals surface area contributed by atoms with Crippen LogP contribution in [0.4, 0.5) is 0 Å². The number of hydrogen-bond donors (Lipinski definition) is 1. The van der Waals surface area contributed by atoms with E-state index in [1.165, 1.54) is 4.31 Å². The van der Waals surface area contributed by atoms with Crippen LogP contribution in [0.3, 0.4) is 0 Å². The van der Waals surface area contributed by atoms with Crippen molar-refractivity contribution < 1.29 is 8.42 Å². The minimum atomic E-state index is -3.46. The summed E-state index contributed by atoms with van der Waals surface area (Å²) in [5.41, 5.74) is 6.86. The predicted molar refractivity (Wildman–Crippen MR) is 79.6 cm³/mol. The van der Waals surface area contributed by atoms with Gasteiger partial charge in [-0.25, -0.2) is 12.7 Å². The monoisotopic (exact) mass is 298 g/mol. The molecule has 1 aliphatic rings. The van der Waals surface area contributed by atoms with Gasteiger partial charge in [0, 0.05) is 19.2 Å². The third-order valence-electron chi connectivity index (χ3n) is 3.37. The third kappa shape index (κ3) is 3.13. The van der Waals surface area contributed by atoms with Gasteiger partial charge in [-0.15, -0.1) is 0 Å². The van der Waals surface area contributed by atoms with Crippen LogP contribution >= 0.6 is 12.2 Å². The smallest absolute Gasteiger partial charge is 0.243 e. The lowest BCUT2D eigenvalue weighted by Gasteiger charge is -2.18. The minimum Gasteiger partial charge on any atom is -0.389 e. The Balaban J connectivity index is 2.37. The van der Waals surface area contributed by atoms with Crippen molar-refractivity contribution in [2.45, 2.75) is 24.7 Å². The van der Waals surface area contributed by atoms with Gasteiger partial charge in [0.05, 0.1) is 4.90 Å². The molecule has 0 saturated heterocycles. The maximum Gasteiger partial charge on any atom is 0.243 e. The lowest BCUT2D eigenvalue weighted by atomic mass is 10.1. The van der Waals surface area contributed by atoms with Gasteiger partial charge in [-0.05, 0) is 37.3 Å². The van der Waals surface area contributed by atoms with Crippen LogP contribution in [0.1, 0.15) is 24.0 Å². The van der Waals surface area contributed by atoms with Crippen LogP contribution in [0.2, 0.25) is 0 Å². The van der Waals surface area contributed by atoms with Gasteiger partial charge in [-0.3, -0.25) is 0 Å². The maximum absolute atomic E-state index is 12.5. The van der Waals surface area contributed by atoms with Crippen LogP contribution in [-0.4, -0.2) is 31.3 Å². The predicted octanol–water partition coefficient (Wildman–Crippen LogP) is 1.66. The van der Waals surface area contributed by atoms with E-state index in [1.54, 1.807) is 32.2 Å². The van der Waals surface area contributed by atoms with Crippen LogP contribution in [0.25, 0.3) is 0 Å². The highest BCUT2D eigenvalue weighted by Crippen LogP contribution is 2.31. The summed E-state index contributed by atoms with van der Waals surface area (Å²) in [6.45, 7) is 2.36. The summed E-state index contributed by atoms with van der Waals surface area (Å²) >= 11 is 4.90. The van der Waals surface area contributed by atoms with Crippen molar-refractivity contribution in [3.05, 3.63) is 29.3 Å². The van der Waals surface area contributed by atoms with E-state index >= 15 is 0 Å². The molecule has 0 spiro atoms. The number of benzene rings is 1. The fourth-order valence-corrected chi connectivity index (χ4v) is 3.58. The molecule has 0 atom stereocenters. The Morgan fingerprint density at radius 3 is 2.63 bits per heavy atom. The topological polar surface area (TPSA) is 63.4 Å². The highest BCUT2D eigenvalue weighted by molar-refractivity contribution is 7.89. The first kappa shape index (κ1) is 14.4. The largest absolute Gasteiger partial charge is 0.389 e. The summed E-state index contributed by atoms with van der Waals surface area (Å²) in [6.07, 6.45) is 2.23. The van der Waals surface area contributed by atoms with Crippen molar-refractivity contribution in [1.82, 2.24) is 4.31 Å². The van der Waals surface area contributed by atoms with Gasteiger partial charge >= 0.3 is 0 Å². The Kier molecular flexibility index (Phi) is 3.94. The molecule has 1 aromatic rings. The van der Waals surface area contributed by atoms with Crippen molar-refractivity contribution in [1.29, 1.82) is 0 Å². The van der Waals surface area contributed by atoms with Gasteiger partial charge in [0.2, 0.25) is 10.0 Å². The van der Waals surface area contributed by atoms with Gasteiger partial charge in [0.1, 0.15) is 4.99 Å². The quantitative estimate of drug-likeness (QED) is 0.840. The molecule has 4 nitrogen and oxygen atoms in total. The molecule has 0 heterocycles. The Morgan fingerprint density at radius 2 is 2.11 bits per heavy atom. The van der Waals surface area contributed by atoms with E-state index < -0.39 is 10.0 Å². The fraction of sp³-hybridized carbons (Fsp3) is 0.462. The summed E-state index contributed by atoms with van der Waals surface area (Å²) in [5.74, 6) is 0.513. The lowest BCUT2D eigenvalue weighted by molar-refractivity contribution is 0.452. The van der Waals surface area contributed by atoms with E-state index in [2.05, 4.69) is 0 Å². The number of hydrogen-bond acceptors (Lipinski definition) is 3. The summed E-state index contributed by atoms with van der Waals surface area (Å²) in [6, 6.07) is 5.06. The molecule has 0 bridgehead atoms. The molecule has 0 amide bonds. The molecule has 0 aliphatic heterocycles. The lowest BCUT2D eigenvalue weighted by Crippen LogP contribution is -2.29. The summed E-state index contributed by atoms with van der Waals surface area (Å²) in [7, 11) is -1.84. The fourth-order valence-electron chi connectivity index (χ4n) is 1.96. The summed E-state index contributed by atoms with van der Waals surface area (Å²) in [5, 5.41) is 0. The maximum atomic E-state index is 12.5. The van der Waals surface area contributed by atoms with Crippen LogP contribution in [0.15, 0.2) is 23.1 Å². The number of nitrogens with two attached hydrogens (primary N) is 1. The molecule has 1 saturated carbocycles. The number of aryl methyl sites for hydroxylation is 1. The van der Waals surface area contributed by atoms with E-state index in [0.29, 0.717) is 28.5 Å². The molecule has 0 unspecified atom stereocenters. The molecule has 2 N–H and O–H groups in total. The highest BCUT2D eigenvalue weighted by atomic mass is 32.2. The molecule has 1 aliphatic carbocycles. The Hall–Kier alpha value is -0.980. The molecule has 1 fully saturated rings. The first-order chi connectivity index (χ1) is 8.82. The molecule has 104 valence electrons. The van der Waals surface area contributed by atoms with Crippen molar-refractivity contribution in [2.75, 3.05) is 13.6 Å².